The van der Waals surface area contributed by atoms with Crippen molar-refractivity contribution < 1.29 is 18.3 Å². The van der Waals surface area contributed by atoms with Crippen molar-refractivity contribution in [1.29, 1.82) is 5.26 Å². The summed E-state index contributed by atoms with van der Waals surface area (Å²) in [6.45, 7) is 0. The number of benzene rings is 1. The van der Waals surface area contributed by atoms with E-state index >= 15 is 0 Å². The summed E-state index contributed by atoms with van der Waals surface area (Å²) in [7, 11) is 0. The quantitative estimate of drug-likeness (QED) is 0.883. The Labute approximate surface area is 115 Å². The van der Waals surface area contributed by atoms with Crippen molar-refractivity contribution in [3.63, 3.8) is 0 Å². The molecule has 1 saturated carbocycles. The molecule has 2 nitrogen and oxygen atoms in total. The minimum Gasteiger partial charge on any atom is -0.387 e. The first-order valence-corrected chi connectivity index (χ1v) is 6.66. The minimum atomic E-state index is -4.52. The lowest BCUT2D eigenvalue weighted by atomic mass is 9.69. The SMILES string of the molecule is N#CC1(C(O)c2ccccc2C(F)(F)F)CCCCC1. The molecule has 1 aliphatic carbocycles. The summed E-state index contributed by atoms with van der Waals surface area (Å²) in [5.41, 5.74) is -2.14. The molecule has 0 radical (unpaired) electrons. The smallest absolute Gasteiger partial charge is 0.387 e. The molecule has 1 aromatic rings. The van der Waals surface area contributed by atoms with Gasteiger partial charge in [0.15, 0.2) is 0 Å². The highest BCUT2D eigenvalue weighted by molar-refractivity contribution is 5.34. The number of nitrogens with zero attached hydrogens (tertiary/aromatic N) is 1. The molecule has 0 saturated heterocycles. The standard InChI is InChI=1S/C15H16F3NO/c16-15(17,18)12-7-3-2-6-11(12)13(20)14(10-19)8-4-1-5-9-14/h2-3,6-7,13,20H,1,4-5,8-9H2. The molecule has 1 aromatic carbocycles. The highest BCUT2D eigenvalue weighted by Crippen LogP contribution is 2.48. The molecule has 1 N–H and O–H groups in total. The van der Waals surface area contributed by atoms with E-state index in [4.69, 9.17) is 0 Å². The summed E-state index contributed by atoms with van der Waals surface area (Å²) < 4.78 is 39.0. The van der Waals surface area contributed by atoms with Crippen LogP contribution in [0.3, 0.4) is 0 Å². The maximum atomic E-state index is 13.0. The molecule has 108 valence electrons. The average molecular weight is 283 g/mol. The molecule has 0 aromatic heterocycles. The van der Waals surface area contributed by atoms with Crippen LogP contribution in [0.1, 0.15) is 49.3 Å². The first-order valence-electron chi connectivity index (χ1n) is 6.66. The van der Waals surface area contributed by atoms with Crippen LogP contribution in [0.5, 0.6) is 0 Å². The van der Waals surface area contributed by atoms with Crippen LogP contribution in [0, 0.1) is 16.7 Å². The Hall–Kier alpha value is -1.54. The van der Waals surface area contributed by atoms with Gasteiger partial charge in [-0.2, -0.15) is 18.4 Å². The van der Waals surface area contributed by atoms with Crippen molar-refractivity contribution in [2.24, 2.45) is 5.41 Å². The van der Waals surface area contributed by atoms with Gasteiger partial charge in [0.25, 0.3) is 0 Å². The maximum Gasteiger partial charge on any atom is 0.416 e. The van der Waals surface area contributed by atoms with E-state index in [0.717, 1.165) is 25.3 Å². The maximum absolute atomic E-state index is 13.0. The highest BCUT2D eigenvalue weighted by Gasteiger charge is 2.44. The minimum absolute atomic E-state index is 0.191. The number of rotatable bonds is 2. The predicted octanol–water partition coefficient (Wildman–Crippen LogP) is 4.21. The Morgan fingerprint density at radius 2 is 1.75 bits per heavy atom. The van der Waals surface area contributed by atoms with Crippen molar-refractivity contribution in [2.75, 3.05) is 0 Å². The van der Waals surface area contributed by atoms with E-state index in [-0.39, 0.29) is 5.56 Å². The topological polar surface area (TPSA) is 44.0 Å². The lowest BCUT2D eigenvalue weighted by Crippen LogP contribution is -2.31. The fraction of sp³-hybridized carbons (Fsp3) is 0.533. The molecule has 2 rings (SSSR count). The number of alkyl halides is 3. The van der Waals surface area contributed by atoms with Gasteiger partial charge in [-0.15, -0.1) is 0 Å². The molecule has 0 heterocycles. The van der Waals surface area contributed by atoms with Gasteiger partial charge in [0, 0.05) is 0 Å². The molecule has 1 fully saturated rings. The highest BCUT2D eigenvalue weighted by atomic mass is 19.4. The van der Waals surface area contributed by atoms with Gasteiger partial charge in [0.05, 0.1) is 23.2 Å². The third-order valence-corrected chi connectivity index (χ3v) is 4.05. The van der Waals surface area contributed by atoms with Crippen molar-refractivity contribution in [3.8, 4) is 6.07 Å². The third kappa shape index (κ3) is 2.66. The molecule has 1 unspecified atom stereocenters. The molecule has 20 heavy (non-hydrogen) atoms. The van der Waals surface area contributed by atoms with Gasteiger partial charge in [-0.1, -0.05) is 37.5 Å². The zero-order valence-corrected chi connectivity index (χ0v) is 11.0. The van der Waals surface area contributed by atoms with Crippen LogP contribution in [0.2, 0.25) is 0 Å². The van der Waals surface area contributed by atoms with E-state index < -0.39 is 23.3 Å². The number of hydrogen-bond acceptors (Lipinski definition) is 2. The summed E-state index contributed by atoms with van der Waals surface area (Å²) >= 11 is 0. The molecular formula is C15H16F3NO. The fourth-order valence-corrected chi connectivity index (χ4v) is 2.92. The second-order valence-electron chi connectivity index (χ2n) is 5.32. The van der Waals surface area contributed by atoms with Crippen LogP contribution >= 0.6 is 0 Å². The first-order chi connectivity index (χ1) is 9.41. The van der Waals surface area contributed by atoms with Crippen LogP contribution in [0.25, 0.3) is 0 Å². The van der Waals surface area contributed by atoms with Gasteiger partial charge in [0.1, 0.15) is 0 Å². The Bertz CT molecular complexity index is 513. The lowest BCUT2D eigenvalue weighted by molar-refractivity contribution is -0.140. The number of aliphatic hydroxyl groups is 1. The molecular weight excluding hydrogens is 267 g/mol. The van der Waals surface area contributed by atoms with E-state index in [1.54, 1.807) is 0 Å². The van der Waals surface area contributed by atoms with Crippen molar-refractivity contribution in [3.05, 3.63) is 35.4 Å². The number of nitriles is 1. The first kappa shape index (κ1) is 14.9. The largest absolute Gasteiger partial charge is 0.416 e. The second kappa shape index (κ2) is 5.45. The van der Waals surface area contributed by atoms with E-state index in [0.29, 0.717) is 12.8 Å². The van der Waals surface area contributed by atoms with E-state index in [1.807, 2.05) is 0 Å². The van der Waals surface area contributed by atoms with Gasteiger partial charge in [0.2, 0.25) is 0 Å². The molecule has 0 spiro atoms. The molecule has 0 amide bonds. The lowest BCUT2D eigenvalue weighted by Gasteiger charge is -2.36. The fourth-order valence-electron chi connectivity index (χ4n) is 2.92. The Morgan fingerprint density at radius 1 is 1.15 bits per heavy atom. The van der Waals surface area contributed by atoms with Crippen molar-refractivity contribution >= 4 is 0 Å². The van der Waals surface area contributed by atoms with Crippen LogP contribution in [-0.4, -0.2) is 5.11 Å². The van der Waals surface area contributed by atoms with Gasteiger partial charge in [-0.05, 0) is 24.5 Å². The monoisotopic (exact) mass is 283 g/mol. The van der Waals surface area contributed by atoms with E-state index in [1.165, 1.54) is 18.2 Å². The Morgan fingerprint density at radius 3 is 2.30 bits per heavy atom. The zero-order valence-electron chi connectivity index (χ0n) is 11.0. The number of halogens is 3. The normalized spacial score (nSPS) is 20.1. The predicted molar refractivity (Wildman–Crippen MR) is 67.5 cm³/mol. The van der Waals surface area contributed by atoms with Crippen molar-refractivity contribution in [2.45, 2.75) is 44.4 Å². The van der Waals surface area contributed by atoms with E-state index in [9.17, 15) is 23.5 Å². The van der Waals surface area contributed by atoms with E-state index in [2.05, 4.69) is 6.07 Å². The van der Waals surface area contributed by atoms with Gasteiger partial charge >= 0.3 is 6.18 Å². The summed E-state index contributed by atoms with van der Waals surface area (Å²) in [6.07, 6.45) is -2.56. The Kier molecular flexibility index (Phi) is 4.05. The molecule has 0 aliphatic heterocycles. The van der Waals surface area contributed by atoms with Gasteiger partial charge < -0.3 is 5.11 Å². The summed E-state index contributed by atoms with van der Waals surface area (Å²) in [6, 6.07) is 7.04. The molecule has 1 atom stereocenters. The molecule has 1 aliphatic rings. The van der Waals surface area contributed by atoms with Gasteiger partial charge in [-0.25, -0.2) is 0 Å². The number of hydrogen-bond donors (Lipinski definition) is 1. The van der Waals surface area contributed by atoms with Crippen LogP contribution < -0.4 is 0 Å². The molecule has 0 bridgehead atoms. The van der Waals surface area contributed by atoms with Crippen LogP contribution in [0.15, 0.2) is 24.3 Å². The Balaban J connectivity index is 2.43. The zero-order chi connectivity index (χ0) is 14.8. The second-order valence-corrected chi connectivity index (χ2v) is 5.32. The summed E-state index contributed by atoms with van der Waals surface area (Å²) in [5, 5.41) is 19.8. The van der Waals surface area contributed by atoms with Crippen LogP contribution in [-0.2, 0) is 6.18 Å². The third-order valence-electron chi connectivity index (χ3n) is 4.05. The van der Waals surface area contributed by atoms with Crippen LogP contribution in [0.4, 0.5) is 13.2 Å². The van der Waals surface area contributed by atoms with Crippen molar-refractivity contribution in [1.82, 2.24) is 0 Å². The summed E-state index contributed by atoms with van der Waals surface area (Å²) in [4.78, 5) is 0. The number of aliphatic hydroxyl groups excluding tert-OH is 1. The van der Waals surface area contributed by atoms with Gasteiger partial charge in [-0.3, -0.25) is 0 Å². The summed E-state index contributed by atoms with van der Waals surface area (Å²) in [5.74, 6) is 0. The average Bonchev–Trinajstić information content (AvgIpc) is 2.46. The molecule has 5 heteroatoms.